The molecular formula is C20H22FN5O. The third-order valence-electron chi connectivity index (χ3n) is 5.62. The highest BCUT2D eigenvalue weighted by Crippen LogP contribution is 2.44. The minimum absolute atomic E-state index is 0.295. The molecule has 0 saturated carbocycles. The molecule has 0 spiro atoms. The highest BCUT2D eigenvalue weighted by molar-refractivity contribution is 5.61. The number of aromatic nitrogens is 4. The Morgan fingerprint density at radius 2 is 1.96 bits per heavy atom. The average Bonchev–Trinajstić information content (AvgIpc) is 3.11. The van der Waals surface area contributed by atoms with E-state index in [1.165, 1.54) is 6.07 Å². The van der Waals surface area contributed by atoms with Crippen LogP contribution in [0.1, 0.15) is 49.8 Å². The Kier molecular flexibility index (Phi) is 4.17. The van der Waals surface area contributed by atoms with Crippen LogP contribution in [0.25, 0.3) is 11.3 Å². The van der Waals surface area contributed by atoms with Crippen LogP contribution in [0.2, 0.25) is 0 Å². The summed E-state index contributed by atoms with van der Waals surface area (Å²) in [5.41, 5.74) is 2.55. The van der Waals surface area contributed by atoms with Crippen LogP contribution >= 0.6 is 0 Å². The number of fused-ring (bicyclic) bond motifs is 1. The molecule has 0 N–H and O–H groups in total. The zero-order valence-corrected chi connectivity index (χ0v) is 15.9. The van der Waals surface area contributed by atoms with E-state index in [9.17, 15) is 4.39 Å². The van der Waals surface area contributed by atoms with E-state index in [0.29, 0.717) is 29.1 Å². The molecule has 2 atom stereocenters. The van der Waals surface area contributed by atoms with E-state index in [-0.39, 0.29) is 5.82 Å². The Morgan fingerprint density at radius 1 is 1.19 bits per heavy atom. The van der Waals surface area contributed by atoms with Crippen molar-refractivity contribution in [1.29, 1.82) is 0 Å². The first kappa shape index (κ1) is 17.6. The lowest BCUT2D eigenvalue weighted by Gasteiger charge is -2.42. The van der Waals surface area contributed by atoms with Crippen molar-refractivity contribution >= 4 is 6.01 Å². The molecule has 1 aromatic carbocycles. The molecule has 1 aliphatic carbocycles. The largest absolute Gasteiger partial charge is 0.408 e. The SMILES string of the molecule is Cc1nnc(N(C)[C@@]2(C)CC[C@H](C)c3cc(-c4ccccc4F)nnc32)o1. The van der Waals surface area contributed by atoms with Crippen LogP contribution < -0.4 is 4.90 Å². The number of rotatable bonds is 3. The Balaban J connectivity index is 1.80. The van der Waals surface area contributed by atoms with Gasteiger partial charge in [-0.15, -0.1) is 5.10 Å². The predicted molar refractivity (Wildman–Crippen MR) is 99.9 cm³/mol. The van der Waals surface area contributed by atoms with E-state index in [0.717, 1.165) is 24.1 Å². The van der Waals surface area contributed by atoms with Gasteiger partial charge >= 0.3 is 6.01 Å². The summed E-state index contributed by atoms with van der Waals surface area (Å²) in [5, 5.41) is 17.0. The molecule has 0 unspecified atom stereocenters. The smallest absolute Gasteiger partial charge is 0.318 e. The minimum atomic E-state index is -0.429. The standard InChI is InChI=1S/C20H22FN5O/c1-12-9-10-20(3,26(4)19-25-22-13(2)27-19)18-15(12)11-17(23-24-18)14-7-5-6-8-16(14)21/h5-8,11-12H,9-10H2,1-4H3/t12-,20-/m0/s1. The first-order valence-electron chi connectivity index (χ1n) is 9.07. The molecule has 1 aliphatic rings. The minimum Gasteiger partial charge on any atom is -0.408 e. The van der Waals surface area contributed by atoms with E-state index in [1.807, 2.05) is 18.0 Å². The molecule has 2 heterocycles. The van der Waals surface area contributed by atoms with Crippen LogP contribution in [-0.2, 0) is 5.54 Å². The second-order valence-corrected chi connectivity index (χ2v) is 7.39. The molecular weight excluding hydrogens is 345 g/mol. The number of benzene rings is 1. The van der Waals surface area contributed by atoms with E-state index in [1.54, 1.807) is 25.1 Å². The number of aryl methyl sites for hydroxylation is 1. The molecule has 2 aromatic heterocycles. The summed E-state index contributed by atoms with van der Waals surface area (Å²) in [6, 6.07) is 9.07. The van der Waals surface area contributed by atoms with E-state index >= 15 is 0 Å². The number of anilines is 1. The monoisotopic (exact) mass is 367 g/mol. The van der Waals surface area contributed by atoms with Crippen molar-refractivity contribution in [3.05, 3.63) is 53.3 Å². The van der Waals surface area contributed by atoms with Gasteiger partial charge in [-0.3, -0.25) is 0 Å². The van der Waals surface area contributed by atoms with Crippen molar-refractivity contribution in [1.82, 2.24) is 20.4 Å². The van der Waals surface area contributed by atoms with E-state index < -0.39 is 5.54 Å². The Morgan fingerprint density at radius 3 is 2.67 bits per heavy atom. The Labute approximate surface area is 157 Å². The zero-order chi connectivity index (χ0) is 19.2. The van der Waals surface area contributed by atoms with Crippen LogP contribution in [0, 0.1) is 12.7 Å². The van der Waals surface area contributed by atoms with Gasteiger partial charge < -0.3 is 9.32 Å². The van der Waals surface area contributed by atoms with Gasteiger partial charge in [-0.2, -0.15) is 10.2 Å². The van der Waals surface area contributed by atoms with Gasteiger partial charge in [-0.05, 0) is 49.4 Å². The molecule has 0 radical (unpaired) electrons. The van der Waals surface area contributed by atoms with Crippen molar-refractivity contribution in [3.8, 4) is 11.3 Å². The third-order valence-corrected chi connectivity index (χ3v) is 5.62. The molecule has 140 valence electrons. The van der Waals surface area contributed by atoms with Gasteiger partial charge in [0, 0.05) is 19.5 Å². The summed E-state index contributed by atoms with van der Waals surface area (Å²) in [6.07, 6.45) is 1.86. The first-order valence-corrected chi connectivity index (χ1v) is 9.07. The highest BCUT2D eigenvalue weighted by Gasteiger charge is 2.42. The first-order chi connectivity index (χ1) is 12.9. The molecule has 0 amide bonds. The maximum atomic E-state index is 14.2. The van der Waals surface area contributed by atoms with Crippen LogP contribution in [0.4, 0.5) is 10.4 Å². The fourth-order valence-corrected chi connectivity index (χ4v) is 3.73. The second-order valence-electron chi connectivity index (χ2n) is 7.39. The normalized spacial score (nSPS) is 21.7. The summed E-state index contributed by atoms with van der Waals surface area (Å²) in [6.45, 7) is 6.04. The van der Waals surface area contributed by atoms with Gasteiger partial charge in [0.2, 0.25) is 5.89 Å². The van der Waals surface area contributed by atoms with Crippen LogP contribution in [0.15, 0.2) is 34.7 Å². The van der Waals surface area contributed by atoms with E-state index in [4.69, 9.17) is 4.42 Å². The van der Waals surface area contributed by atoms with Crippen LogP contribution in [0.3, 0.4) is 0 Å². The molecule has 4 rings (SSSR count). The molecule has 0 saturated heterocycles. The van der Waals surface area contributed by atoms with Gasteiger partial charge in [0.05, 0.1) is 16.9 Å². The summed E-state index contributed by atoms with van der Waals surface area (Å²) in [4.78, 5) is 1.97. The fraction of sp³-hybridized carbons (Fsp3) is 0.400. The van der Waals surface area contributed by atoms with Gasteiger partial charge in [0.25, 0.3) is 0 Å². The maximum absolute atomic E-state index is 14.2. The molecule has 3 aromatic rings. The molecule has 0 fully saturated rings. The van der Waals surface area contributed by atoms with Crippen molar-refractivity contribution in [3.63, 3.8) is 0 Å². The summed E-state index contributed by atoms with van der Waals surface area (Å²) < 4.78 is 19.8. The summed E-state index contributed by atoms with van der Waals surface area (Å²) in [7, 11) is 1.93. The van der Waals surface area contributed by atoms with E-state index in [2.05, 4.69) is 34.2 Å². The highest BCUT2D eigenvalue weighted by atomic mass is 19.1. The van der Waals surface area contributed by atoms with Gasteiger partial charge in [-0.25, -0.2) is 4.39 Å². The molecule has 6 nitrogen and oxygen atoms in total. The predicted octanol–water partition coefficient (Wildman–Crippen LogP) is 4.22. The van der Waals surface area contributed by atoms with Gasteiger partial charge in [0.1, 0.15) is 5.82 Å². The van der Waals surface area contributed by atoms with Gasteiger partial charge in [0.15, 0.2) is 0 Å². The lowest BCUT2D eigenvalue weighted by Crippen LogP contribution is -2.45. The van der Waals surface area contributed by atoms with Crippen LogP contribution in [0.5, 0.6) is 0 Å². The summed E-state index contributed by atoms with van der Waals surface area (Å²) in [5.74, 6) is 0.536. The average molecular weight is 367 g/mol. The van der Waals surface area contributed by atoms with Crippen molar-refractivity contribution in [2.45, 2.75) is 45.1 Å². The van der Waals surface area contributed by atoms with Crippen LogP contribution in [-0.4, -0.2) is 27.4 Å². The number of hydrogen-bond donors (Lipinski definition) is 0. The number of hydrogen-bond acceptors (Lipinski definition) is 6. The number of nitrogens with zero attached hydrogens (tertiary/aromatic N) is 5. The maximum Gasteiger partial charge on any atom is 0.318 e. The lowest BCUT2D eigenvalue weighted by molar-refractivity contribution is 0.330. The third kappa shape index (κ3) is 2.87. The Bertz CT molecular complexity index is 988. The quantitative estimate of drug-likeness (QED) is 0.690. The molecule has 27 heavy (non-hydrogen) atoms. The van der Waals surface area contributed by atoms with Gasteiger partial charge in [-0.1, -0.05) is 24.2 Å². The fourth-order valence-electron chi connectivity index (χ4n) is 3.73. The lowest BCUT2D eigenvalue weighted by atomic mass is 9.75. The van der Waals surface area contributed by atoms with Crippen molar-refractivity contribution < 1.29 is 8.81 Å². The van der Waals surface area contributed by atoms with Crippen molar-refractivity contribution in [2.24, 2.45) is 0 Å². The molecule has 0 aliphatic heterocycles. The Hall–Kier alpha value is -2.83. The summed E-state index contributed by atoms with van der Waals surface area (Å²) >= 11 is 0. The zero-order valence-electron chi connectivity index (χ0n) is 15.9. The number of halogens is 1. The van der Waals surface area contributed by atoms with Crippen molar-refractivity contribution in [2.75, 3.05) is 11.9 Å². The molecule has 7 heteroatoms. The second kappa shape index (κ2) is 6.40. The topological polar surface area (TPSA) is 67.9 Å². The molecule has 0 bridgehead atoms.